The summed E-state index contributed by atoms with van der Waals surface area (Å²) in [4.78, 5) is 11.0. The fraction of sp³-hybridized carbons (Fsp3) is 0.875. The van der Waals surface area contributed by atoms with Crippen molar-refractivity contribution in [3.05, 3.63) is 0 Å². The lowest BCUT2D eigenvalue weighted by Gasteiger charge is -2.10. The minimum atomic E-state index is -1.00. The summed E-state index contributed by atoms with van der Waals surface area (Å²) >= 11 is 0. The zero-order valence-electron chi connectivity index (χ0n) is 7.16. The first kappa shape index (κ1) is 9.48. The lowest BCUT2D eigenvalue weighted by molar-refractivity contribution is -0.171. The van der Waals surface area contributed by atoms with Crippen molar-refractivity contribution in [3.63, 3.8) is 0 Å². The largest absolute Gasteiger partial charge is 0.436 e. The van der Waals surface area contributed by atoms with E-state index in [1.54, 1.807) is 0 Å². The van der Waals surface area contributed by atoms with Gasteiger partial charge in [-0.1, -0.05) is 0 Å². The van der Waals surface area contributed by atoms with Gasteiger partial charge in [-0.15, -0.1) is 0 Å². The predicted octanol–water partition coefficient (Wildman–Crippen LogP) is 0.294. The summed E-state index contributed by atoms with van der Waals surface area (Å²) in [6.07, 6.45) is 1.14. The average molecular weight is 174 g/mol. The van der Waals surface area contributed by atoms with Gasteiger partial charge in [0.15, 0.2) is 0 Å². The molecule has 4 heteroatoms. The van der Waals surface area contributed by atoms with Crippen molar-refractivity contribution in [3.8, 4) is 0 Å². The Hall–Kier alpha value is -0.610. The highest BCUT2D eigenvalue weighted by Gasteiger charge is 2.32. The Balaban J connectivity index is 2.07. The molecule has 1 aliphatic carbocycles. The van der Waals surface area contributed by atoms with Gasteiger partial charge in [0.2, 0.25) is 6.29 Å². The van der Waals surface area contributed by atoms with E-state index in [0.717, 1.165) is 12.8 Å². The second kappa shape index (κ2) is 4.42. The van der Waals surface area contributed by atoms with Gasteiger partial charge in [-0.3, -0.25) is 4.79 Å². The average Bonchev–Trinajstić information content (AvgIpc) is 2.82. The topological polar surface area (TPSA) is 55.8 Å². The number of aliphatic hydroxyl groups is 1. The van der Waals surface area contributed by atoms with Crippen LogP contribution in [0.25, 0.3) is 0 Å². The summed E-state index contributed by atoms with van der Waals surface area (Å²) < 4.78 is 9.43. The molecule has 1 unspecified atom stereocenters. The first-order valence-corrected chi connectivity index (χ1v) is 4.11. The first-order chi connectivity index (χ1) is 5.74. The van der Waals surface area contributed by atoms with E-state index in [9.17, 15) is 4.79 Å². The van der Waals surface area contributed by atoms with Gasteiger partial charge in [-0.05, 0) is 12.8 Å². The third-order valence-corrected chi connectivity index (χ3v) is 1.73. The number of methoxy groups -OCH3 is 1. The molecule has 1 rings (SSSR count). The van der Waals surface area contributed by atoms with Crippen LogP contribution in [0.2, 0.25) is 0 Å². The molecular weight excluding hydrogens is 160 g/mol. The van der Waals surface area contributed by atoms with Crippen molar-refractivity contribution in [1.82, 2.24) is 0 Å². The summed E-state index contributed by atoms with van der Waals surface area (Å²) in [6, 6.07) is 0. The van der Waals surface area contributed by atoms with Gasteiger partial charge in [0, 0.05) is 13.5 Å². The van der Waals surface area contributed by atoms with E-state index in [-0.39, 0.29) is 11.9 Å². The van der Waals surface area contributed by atoms with Crippen LogP contribution in [0.4, 0.5) is 0 Å². The Morgan fingerprint density at radius 2 is 2.33 bits per heavy atom. The number of aliphatic hydroxyl groups excluding tert-OH is 1. The van der Waals surface area contributed by atoms with Crippen LogP contribution < -0.4 is 0 Å². The first-order valence-electron chi connectivity index (χ1n) is 4.11. The Kier molecular flexibility index (Phi) is 3.49. The van der Waals surface area contributed by atoms with Crippen LogP contribution in [0, 0.1) is 5.92 Å². The molecule has 0 aromatic carbocycles. The van der Waals surface area contributed by atoms with Crippen molar-refractivity contribution in [2.45, 2.75) is 25.6 Å². The van der Waals surface area contributed by atoms with Crippen LogP contribution in [-0.4, -0.2) is 31.1 Å². The molecule has 0 aromatic heterocycles. The van der Waals surface area contributed by atoms with E-state index in [2.05, 4.69) is 0 Å². The van der Waals surface area contributed by atoms with Crippen LogP contribution in [0.15, 0.2) is 0 Å². The Morgan fingerprint density at radius 3 is 2.83 bits per heavy atom. The highest BCUT2D eigenvalue weighted by Crippen LogP contribution is 2.30. The molecule has 0 aromatic rings. The quantitative estimate of drug-likeness (QED) is 0.481. The summed E-state index contributed by atoms with van der Waals surface area (Å²) in [5.74, 6) is -0.235. The van der Waals surface area contributed by atoms with E-state index in [1.807, 2.05) is 0 Å². The summed E-state index contributed by atoms with van der Waals surface area (Å²) in [6.45, 7) is 0.402. The second-order valence-corrected chi connectivity index (χ2v) is 2.95. The smallest absolute Gasteiger partial charge is 0.311 e. The maximum absolute atomic E-state index is 11.0. The van der Waals surface area contributed by atoms with Gasteiger partial charge in [0.05, 0.1) is 12.5 Å². The number of hydrogen-bond donors (Lipinski definition) is 1. The Bertz CT molecular complexity index is 153. The number of ether oxygens (including phenoxy) is 2. The molecular formula is C8H14O4. The molecule has 1 aliphatic rings. The second-order valence-electron chi connectivity index (χ2n) is 2.95. The summed E-state index contributed by atoms with van der Waals surface area (Å²) in [5.41, 5.74) is 0. The van der Waals surface area contributed by atoms with Crippen LogP contribution in [0.3, 0.4) is 0 Å². The van der Waals surface area contributed by atoms with Gasteiger partial charge in [-0.2, -0.15) is 0 Å². The minimum absolute atomic E-state index is 0.0437. The highest BCUT2D eigenvalue weighted by molar-refractivity contribution is 5.74. The van der Waals surface area contributed by atoms with Gasteiger partial charge in [-0.25, -0.2) is 0 Å². The third-order valence-electron chi connectivity index (χ3n) is 1.73. The molecule has 0 heterocycles. The van der Waals surface area contributed by atoms with Crippen molar-refractivity contribution in [2.75, 3.05) is 13.7 Å². The monoisotopic (exact) mass is 174 g/mol. The molecule has 0 saturated heterocycles. The lowest BCUT2D eigenvalue weighted by atomic mass is 10.4. The maximum atomic E-state index is 11.0. The zero-order chi connectivity index (χ0) is 8.97. The van der Waals surface area contributed by atoms with Gasteiger partial charge >= 0.3 is 5.97 Å². The summed E-state index contributed by atoms with van der Waals surface area (Å²) in [5, 5.41) is 9.10. The van der Waals surface area contributed by atoms with Crippen molar-refractivity contribution < 1.29 is 19.4 Å². The predicted molar refractivity (Wildman–Crippen MR) is 41.3 cm³/mol. The highest BCUT2D eigenvalue weighted by atomic mass is 16.6. The van der Waals surface area contributed by atoms with E-state index in [4.69, 9.17) is 14.6 Å². The molecule has 0 radical (unpaired) electrons. The van der Waals surface area contributed by atoms with E-state index < -0.39 is 6.29 Å². The molecule has 4 nitrogen and oxygen atoms in total. The van der Waals surface area contributed by atoms with Crippen molar-refractivity contribution in [1.29, 1.82) is 0 Å². The number of rotatable bonds is 5. The van der Waals surface area contributed by atoms with Crippen molar-refractivity contribution >= 4 is 5.97 Å². The summed E-state index contributed by atoms with van der Waals surface area (Å²) in [7, 11) is 1.54. The normalized spacial score (nSPS) is 18.8. The fourth-order valence-corrected chi connectivity index (χ4v) is 0.827. The van der Waals surface area contributed by atoms with Gasteiger partial charge in [0.1, 0.15) is 0 Å². The molecule has 0 aliphatic heterocycles. The number of esters is 1. The van der Waals surface area contributed by atoms with E-state index in [0.29, 0.717) is 13.0 Å². The van der Waals surface area contributed by atoms with E-state index in [1.165, 1.54) is 7.11 Å². The van der Waals surface area contributed by atoms with E-state index >= 15 is 0 Å². The molecule has 1 fully saturated rings. The molecule has 1 N–H and O–H groups in total. The molecule has 1 saturated carbocycles. The molecule has 0 spiro atoms. The van der Waals surface area contributed by atoms with Crippen LogP contribution >= 0.6 is 0 Å². The van der Waals surface area contributed by atoms with Gasteiger partial charge < -0.3 is 14.6 Å². The standard InChI is InChI=1S/C8H14O4/c1-11-5-4-7(9)12-8(10)6-2-3-6/h6-7,9H,2-5H2,1H3. The van der Waals surface area contributed by atoms with Crippen LogP contribution in [0.1, 0.15) is 19.3 Å². The third kappa shape index (κ3) is 3.19. The van der Waals surface area contributed by atoms with Gasteiger partial charge in [0.25, 0.3) is 0 Å². The van der Waals surface area contributed by atoms with Crippen LogP contribution in [0.5, 0.6) is 0 Å². The Morgan fingerprint density at radius 1 is 1.67 bits per heavy atom. The molecule has 12 heavy (non-hydrogen) atoms. The van der Waals surface area contributed by atoms with Crippen molar-refractivity contribution in [2.24, 2.45) is 5.92 Å². The number of carbonyl (C=O) groups is 1. The fourth-order valence-electron chi connectivity index (χ4n) is 0.827. The molecule has 70 valence electrons. The molecule has 1 atom stereocenters. The number of hydrogen-bond acceptors (Lipinski definition) is 4. The number of carbonyl (C=O) groups excluding carboxylic acids is 1. The SMILES string of the molecule is COCCC(O)OC(=O)C1CC1. The maximum Gasteiger partial charge on any atom is 0.311 e. The molecule has 0 amide bonds. The Labute approximate surface area is 71.5 Å². The zero-order valence-corrected chi connectivity index (χ0v) is 7.16. The minimum Gasteiger partial charge on any atom is -0.436 e. The van der Waals surface area contributed by atoms with Crippen LogP contribution in [-0.2, 0) is 14.3 Å². The lowest BCUT2D eigenvalue weighted by Crippen LogP contribution is -2.20. The molecule has 0 bridgehead atoms.